The second kappa shape index (κ2) is 7.07. The number of aromatic nitrogens is 1. The Balaban J connectivity index is 2.58. The van der Waals surface area contributed by atoms with Crippen molar-refractivity contribution in [2.75, 3.05) is 6.61 Å². The number of fused-ring (bicyclic) bond motifs is 1. The Morgan fingerprint density at radius 1 is 1.41 bits per heavy atom. The molecule has 1 aromatic heterocycles. The van der Waals surface area contributed by atoms with Crippen LogP contribution in [0.25, 0.3) is 10.9 Å². The summed E-state index contributed by atoms with van der Waals surface area (Å²) in [7, 11) is 0. The number of allylic oxidation sites excluding steroid dienone is 1. The molecule has 0 saturated heterocycles. The number of carbonyl (C=O) groups excluding carboxylic acids is 1. The third kappa shape index (κ3) is 3.57. The van der Waals surface area contributed by atoms with Gasteiger partial charge in [0.05, 0.1) is 5.56 Å². The highest BCUT2D eigenvalue weighted by molar-refractivity contribution is 7.71. The number of benzene rings is 1. The molecule has 0 aliphatic rings. The molecule has 0 aliphatic carbocycles. The highest BCUT2D eigenvalue weighted by atomic mass is 35.5. The van der Waals surface area contributed by atoms with Crippen LogP contribution in [0.15, 0.2) is 29.8 Å². The number of carbonyl (C=O) groups is 1. The van der Waals surface area contributed by atoms with Crippen LogP contribution in [0.3, 0.4) is 0 Å². The van der Waals surface area contributed by atoms with Gasteiger partial charge in [-0.3, -0.25) is 0 Å². The van der Waals surface area contributed by atoms with E-state index < -0.39 is 0 Å². The molecule has 0 radical (unpaired) electrons. The Hall–Kier alpha value is -1.65. The van der Waals surface area contributed by atoms with Gasteiger partial charge in [0.25, 0.3) is 0 Å². The number of esters is 1. The highest BCUT2D eigenvalue weighted by Crippen LogP contribution is 2.26. The zero-order chi connectivity index (χ0) is 16.3. The lowest BCUT2D eigenvalue weighted by Crippen LogP contribution is -2.11. The molecule has 1 heterocycles. The molecule has 2 rings (SSSR count). The molecule has 2 aromatic rings. The van der Waals surface area contributed by atoms with Gasteiger partial charge in [-0.05, 0) is 44.5 Å². The Kier molecular flexibility index (Phi) is 5.37. The molecule has 0 saturated carbocycles. The lowest BCUT2D eigenvalue weighted by molar-refractivity contribution is 0.0550. The fourth-order valence-corrected chi connectivity index (χ4v) is 2.76. The largest absolute Gasteiger partial charge is 0.458 e. The summed E-state index contributed by atoms with van der Waals surface area (Å²) in [5.41, 5.74) is 3.17. The third-order valence-corrected chi connectivity index (χ3v) is 3.92. The van der Waals surface area contributed by atoms with Crippen molar-refractivity contribution >= 4 is 40.7 Å². The molecule has 0 unspecified atom stereocenters. The van der Waals surface area contributed by atoms with Gasteiger partial charge in [-0.15, -0.1) is 0 Å². The van der Waals surface area contributed by atoms with Gasteiger partial charge < -0.3 is 9.72 Å². The Labute approximate surface area is 139 Å². The first-order valence-electron chi connectivity index (χ1n) is 7.09. The molecule has 0 amide bonds. The van der Waals surface area contributed by atoms with E-state index in [0.29, 0.717) is 21.6 Å². The minimum absolute atomic E-state index is 0.248. The maximum Gasteiger partial charge on any atom is 0.339 e. The number of aromatic amines is 1. The monoisotopic (exact) mass is 335 g/mol. The highest BCUT2D eigenvalue weighted by Gasteiger charge is 2.18. The predicted octanol–water partition coefficient (Wildman–Crippen LogP) is 5.24. The second-order valence-corrected chi connectivity index (χ2v) is 6.08. The minimum Gasteiger partial charge on any atom is -0.458 e. The quantitative estimate of drug-likeness (QED) is 0.472. The van der Waals surface area contributed by atoms with Crippen molar-refractivity contribution in [3.05, 3.63) is 50.6 Å². The van der Waals surface area contributed by atoms with E-state index in [0.717, 1.165) is 22.0 Å². The topological polar surface area (TPSA) is 42.1 Å². The zero-order valence-corrected chi connectivity index (χ0v) is 14.4. The van der Waals surface area contributed by atoms with Crippen molar-refractivity contribution in [3.63, 3.8) is 0 Å². The Bertz CT molecular complexity index is 804. The van der Waals surface area contributed by atoms with E-state index in [1.165, 1.54) is 0 Å². The van der Waals surface area contributed by atoms with Crippen molar-refractivity contribution in [3.8, 4) is 0 Å². The number of H-pyrrole nitrogens is 1. The fourth-order valence-electron chi connectivity index (χ4n) is 2.23. The number of ether oxygens (including phenoxy) is 1. The number of pyridine rings is 1. The Morgan fingerprint density at radius 2 is 2.14 bits per heavy atom. The normalized spacial score (nSPS) is 10.5. The van der Waals surface area contributed by atoms with Gasteiger partial charge >= 0.3 is 5.97 Å². The van der Waals surface area contributed by atoms with Crippen LogP contribution < -0.4 is 0 Å². The van der Waals surface area contributed by atoms with Crippen LogP contribution in [0.2, 0.25) is 5.02 Å². The molecule has 3 nitrogen and oxygen atoms in total. The number of halogens is 1. The minimum atomic E-state index is -0.373. The molecular formula is C17H18ClNO2S. The maximum atomic E-state index is 12.5. The van der Waals surface area contributed by atoms with Gasteiger partial charge in [-0.1, -0.05) is 36.3 Å². The van der Waals surface area contributed by atoms with E-state index >= 15 is 0 Å². The maximum absolute atomic E-state index is 12.5. The molecule has 1 N–H and O–H groups in total. The van der Waals surface area contributed by atoms with Crippen LogP contribution in [0.1, 0.15) is 36.7 Å². The van der Waals surface area contributed by atoms with Gasteiger partial charge in [0.1, 0.15) is 11.2 Å². The van der Waals surface area contributed by atoms with E-state index in [2.05, 4.69) is 4.98 Å². The number of hydrogen-bond acceptors (Lipinski definition) is 3. The van der Waals surface area contributed by atoms with E-state index in [9.17, 15) is 4.79 Å². The van der Waals surface area contributed by atoms with Crippen molar-refractivity contribution in [1.29, 1.82) is 0 Å². The van der Waals surface area contributed by atoms with Crippen LogP contribution in [-0.2, 0) is 11.2 Å². The van der Waals surface area contributed by atoms with Crippen molar-refractivity contribution in [1.82, 2.24) is 4.98 Å². The van der Waals surface area contributed by atoms with Gasteiger partial charge in [-0.2, -0.15) is 0 Å². The van der Waals surface area contributed by atoms with Crippen LogP contribution >= 0.6 is 23.8 Å². The summed E-state index contributed by atoms with van der Waals surface area (Å²) in [4.78, 5) is 15.7. The van der Waals surface area contributed by atoms with Gasteiger partial charge in [0.15, 0.2) is 0 Å². The smallest absolute Gasteiger partial charge is 0.339 e. The lowest BCUT2D eigenvalue weighted by atomic mass is 10.0. The van der Waals surface area contributed by atoms with Crippen molar-refractivity contribution in [2.24, 2.45) is 0 Å². The summed E-state index contributed by atoms with van der Waals surface area (Å²) >= 11 is 11.4. The fraction of sp³-hybridized carbons (Fsp3) is 0.294. The molecule has 0 spiro atoms. The number of rotatable bonds is 4. The summed E-state index contributed by atoms with van der Waals surface area (Å²) in [5, 5.41) is 1.30. The molecular weight excluding hydrogens is 318 g/mol. The summed E-state index contributed by atoms with van der Waals surface area (Å²) in [6.45, 7) is 6.12. The molecule has 116 valence electrons. The molecule has 0 bridgehead atoms. The third-order valence-electron chi connectivity index (χ3n) is 3.34. The first-order chi connectivity index (χ1) is 10.4. The molecule has 0 atom stereocenters. The molecule has 0 fully saturated rings. The predicted molar refractivity (Wildman–Crippen MR) is 93.2 cm³/mol. The summed E-state index contributed by atoms with van der Waals surface area (Å²) < 4.78 is 5.93. The van der Waals surface area contributed by atoms with Gasteiger partial charge in [0, 0.05) is 21.5 Å². The lowest BCUT2D eigenvalue weighted by Gasteiger charge is -2.12. The second-order valence-electron chi connectivity index (χ2n) is 5.23. The average Bonchev–Trinajstić information content (AvgIpc) is 2.45. The molecule has 5 heteroatoms. The van der Waals surface area contributed by atoms with E-state index in [4.69, 9.17) is 28.6 Å². The van der Waals surface area contributed by atoms with Crippen LogP contribution in [0, 0.1) is 4.64 Å². The Morgan fingerprint density at radius 3 is 2.77 bits per heavy atom. The van der Waals surface area contributed by atoms with E-state index in [-0.39, 0.29) is 12.6 Å². The molecule has 1 aromatic carbocycles. The molecule has 22 heavy (non-hydrogen) atoms. The van der Waals surface area contributed by atoms with E-state index in [1.807, 2.05) is 32.9 Å². The SMILES string of the molecule is CCc1c(C(=O)OCC=C(C)C)c2cc(Cl)ccc2[nH]c1=S. The van der Waals surface area contributed by atoms with Crippen LogP contribution in [0.5, 0.6) is 0 Å². The van der Waals surface area contributed by atoms with Crippen molar-refractivity contribution < 1.29 is 9.53 Å². The number of nitrogens with one attached hydrogen (secondary N) is 1. The van der Waals surface area contributed by atoms with Gasteiger partial charge in [-0.25, -0.2) is 4.79 Å². The number of hydrogen-bond donors (Lipinski definition) is 1. The summed E-state index contributed by atoms with van der Waals surface area (Å²) in [5.74, 6) is -0.373. The van der Waals surface area contributed by atoms with Gasteiger partial charge in [0.2, 0.25) is 0 Å². The van der Waals surface area contributed by atoms with Crippen LogP contribution in [-0.4, -0.2) is 17.6 Å². The zero-order valence-electron chi connectivity index (χ0n) is 12.8. The van der Waals surface area contributed by atoms with Crippen molar-refractivity contribution in [2.45, 2.75) is 27.2 Å². The first kappa shape index (κ1) is 16.7. The summed E-state index contributed by atoms with van der Waals surface area (Å²) in [6, 6.07) is 5.34. The molecule has 0 aliphatic heterocycles. The van der Waals surface area contributed by atoms with Crippen LogP contribution in [0.4, 0.5) is 0 Å². The van der Waals surface area contributed by atoms with E-state index in [1.54, 1.807) is 12.1 Å². The standard InChI is InChI=1S/C17H18ClNO2S/c1-4-12-15(17(20)21-8-7-10(2)3)13-9-11(18)5-6-14(13)19-16(12)22/h5-7,9H,4,8H2,1-3H3,(H,19,22). The average molecular weight is 336 g/mol. The first-order valence-corrected chi connectivity index (χ1v) is 7.87. The summed E-state index contributed by atoms with van der Waals surface area (Å²) in [6.07, 6.45) is 2.51.